The van der Waals surface area contributed by atoms with E-state index in [1.807, 2.05) is 0 Å². The summed E-state index contributed by atoms with van der Waals surface area (Å²) < 4.78 is 0. The lowest BCUT2D eigenvalue weighted by atomic mass is 10.0. The molecular formula is C17H22N6O2S. The van der Waals surface area contributed by atoms with Gasteiger partial charge in [-0.25, -0.2) is 15.0 Å². The summed E-state index contributed by atoms with van der Waals surface area (Å²) in [7, 11) is 0. The van der Waals surface area contributed by atoms with E-state index in [1.165, 1.54) is 18.3 Å². The van der Waals surface area contributed by atoms with Gasteiger partial charge in [-0.05, 0) is 26.2 Å². The summed E-state index contributed by atoms with van der Waals surface area (Å²) in [6.07, 6.45) is 0.713. The van der Waals surface area contributed by atoms with Crippen LogP contribution in [0.4, 0.5) is 22.5 Å². The molecule has 0 saturated heterocycles. The van der Waals surface area contributed by atoms with Crippen molar-refractivity contribution in [3.8, 4) is 0 Å². The fraction of sp³-hybridized carbons (Fsp3) is 0.471. The standard InChI is InChI=1S/C17H22N6O2S/c1-7(2)6-11-16(25)22-12-14(21-11)19-10(5)20-15(12)23-17-18-8(3)13(26-17)9(4)24/h7,11H,6H2,1-5H3,(H,22,25)(H2,18,19,20,21,23). The number of nitrogens with zero attached hydrogens (tertiary/aromatic N) is 3. The molecule has 1 unspecified atom stereocenters. The number of carbonyl (C=O) groups excluding carboxylic acids is 2. The summed E-state index contributed by atoms with van der Waals surface area (Å²) in [6.45, 7) is 9.23. The SMILES string of the molecule is CC(=O)c1sc(Nc2nc(C)nc3c2NC(=O)C(CC(C)C)N3)nc1C. The van der Waals surface area contributed by atoms with Crippen molar-refractivity contribution in [2.45, 2.75) is 47.1 Å². The van der Waals surface area contributed by atoms with Crippen LogP contribution in [0.3, 0.4) is 0 Å². The van der Waals surface area contributed by atoms with Gasteiger partial charge < -0.3 is 16.0 Å². The molecule has 0 spiro atoms. The van der Waals surface area contributed by atoms with Gasteiger partial charge in [-0.1, -0.05) is 25.2 Å². The molecule has 3 N–H and O–H groups in total. The first-order chi connectivity index (χ1) is 12.2. The number of nitrogens with one attached hydrogen (secondary N) is 3. The first kappa shape index (κ1) is 18.2. The number of aromatic nitrogens is 3. The van der Waals surface area contributed by atoms with Crippen LogP contribution in [0.5, 0.6) is 0 Å². The van der Waals surface area contributed by atoms with Gasteiger partial charge in [-0.15, -0.1) is 0 Å². The summed E-state index contributed by atoms with van der Waals surface area (Å²) in [5.74, 6) is 1.86. The third-order valence-corrected chi connectivity index (χ3v) is 5.12. The first-order valence-electron chi connectivity index (χ1n) is 8.46. The largest absolute Gasteiger partial charge is 0.356 e. The Morgan fingerprint density at radius 1 is 1.27 bits per heavy atom. The highest BCUT2D eigenvalue weighted by molar-refractivity contribution is 7.17. The van der Waals surface area contributed by atoms with Gasteiger partial charge in [0.2, 0.25) is 5.91 Å². The van der Waals surface area contributed by atoms with Gasteiger partial charge in [0.15, 0.2) is 22.6 Å². The van der Waals surface area contributed by atoms with E-state index in [0.717, 1.165) is 0 Å². The molecule has 3 rings (SSSR count). The monoisotopic (exact) mass is 374 g/mol. The molecular weight excluding hydrogens is 352 g/mol. The van der Waals surface area contributed by atoms with Crippen LogP contribution in [0.2, 0.25) is 0 Å². The number of aryl methyl sites for hydroxylation is 2. The van der Waals surface area contributed by atoms with Crippen LogP contribution in [0.1, 0.15) is 48.4 Å². The summed E-state index contributed by atoms with van der Waals surface area (Å²) in [5.41, 5.74) is 1.17. The number of hydrogen-bond donors (Lipinski definition) is 3. The Bertz CT molecular complexity index is 876. The van der Waals surface area contributed by atoms with Crippen LogP contribution in [0.15, 0.2) is 0 Å². The Kier molecular flexibility index (Phi) is 4.90. The third kappa shape index (κ3) is 3.67. The number of Topliss-reactive ketones (excluding diaryl/α,β-unsaturated/α-hetero) is 1. The van der Waals surface area contributed by atoms with Crippen molar-refractivity contribution in [1.29, 1.82) is 0 Å². The molecule has 0 aliphatic carbocycles. The van der Waals surface area contributed by atoms with E-state index < -0.39 is 0 Å². The van der Waals surface area contributed by atoms with E-state index in [2.05, 4.69) is 44.7 Å². The van der Waals surface area contributed by atoms with Crippen LogP contribution >= 0.6 is 11.3 Å². The average molecular weight is 374 g/mol. The molecule has 3 heterocycles. The predicted molar refractivity (Wildman–Crippen MR) is 102 cm³/mol. The lowest BCUT2D eigenvalue weighted by Crippen LogP contribution is -2.40. The van der Waals surface area contributed by atoms with Crippen LogP contribution in [0.25, 0.3) is 0 Å². The van der Waals surface area contributed by atoms with Crippen LogP contribution in [-0.2, 0) is 4.79 Å². The Morgan fingerprint density at radius 3 is 2.62 bits per heavy atom. The van der Waals surface area contributed by atoms with Crippen LogP contribution in [-0.4, -0.2) is 32.7 Å². The second-order valence-corrected chi connectivity index (χ2v) is 7.77. The minimum Gasteiger partial charge on any atom is -0.356 e. The maximum Gasteiger partial charge on any atom is 0.247 e. The Balaban J connectivity index is 1.93. The molecule has 1 aliphatic heterocycles. The fourth-order valence-electron chi connectivity index (χ4n) is 2.84. The molecule has 2 aromatic heterocycles. The van der Waals surface area contributed by atoms with E-state index in [0.29, 0.717) is 51.2 Å². The van der Waals surface area contributed by atoms with E-state index >= 15 is 0 Å². The molecule has 26 heavy (non-hydrogen) atoms. The van der Waals surface area contributed by atoms with Crippen molar-refractivity contribution >= 4 is 45.5 Å². The van der Waals surface area contributed by atoms with Crippen LogP contribution in [0, 0.1) is 19.8 Å². The van der Waals surface area contributed by atoms with Gasteiger partial charge in [-0.2, -0.15) is 0 Å². The molecule has 0 saturated carbocycles. The van der Waals surface area contributed by atoms with Crippen molar-refractivity contribution in [3.05, 3.63) is 16.4 Å². The number of rotatable bonds is 5. The number of ketones is 1. The highest BCUT2D eigenvalue weighted by atomic mass is 32.1. The van der Waals surface area contributed by atoms with Gasteiger partial charge in [-0.3, -0.25) is 9.59 Å². The van der Waals surface area contributed by atoms with E-state index in [1.54, 1.807) is 13.8 Å². The molecule has 2 aromatic rings. The molecule has 9 heteroatoms. The molecule has 1 aliphatic rings. The second kappa shape index (κ2) is 6.99. The van der Waals surface area contributed by atoms with Gasteiger partial charge in [0.1, 0.15) is 17.6 Å². The third-order valence-electron chi connectivity index (χ3n) is 3.95. The minimum atomic E-state index is -0.323. The van der Waals surface area contributed by atoms with Gasteiger partial charge in [0, 0.05) is 6.92 Å². The number of anilines is 4. The lowest BCUT2D eigenvalue weighted by molar-refractivity contribution is -0.117. The fourth-order valence-corrected chi connectivity index (χ4v) is 3.70. The number of amides is 1. The van der Waals surface area contributed by atoms with Crippen LogP contribution < -0.4 is 16.0 Å². The Morgan fingerprint density at radius 2 is 2.00 bits per heavy atom. The van der Waals surface area contributed by atoms with Gasteiger partial charge >= 0.3 is 0 Å². The van der Waals surface area contributed by atoms with Crippen molar-refractivity contribution < 1.29 is 9.59 Å². The quantitative estimate of drug-likeness (QED) is 0.689. The van der Waals surface area contributed by atoms with Gasteiger partial charge in [0.25, 0.3) is 0 Å². The molecule has 8 nitrogen and oxygen atoms in total. The minimum absolute atomic E-state index is 0.0274. The number of carbonyl (C=O) groups is 2. The van der Waals surface area contributed by atoms with Crippen molar-refractivity contribution in [2.24, 2.45) is 5.92 Å². The average Bonchev–Trinajstić information content (AvgIpc) is 2.89. The maximum absolute atomic E-state index is 12.4. The normalized spacial score (nSPS) is 16.1. The zero-order chi connectivity index (χ0) is 19.0. The molecule has 0 radical (unpaired) electrons. The molecule has 138 valence electrons. The Hall–Kier alpha value is -2.55. The molecule has 0 bridgehead atoms. The maximum atomic E-state index is 12.4. The van der Waals surface area contributed by atoms with Crippen molar-refractivity contribution in [2.75, 3.05) is 16.0 Å². The smallest absolute Gasteiger partial charge is 0.247 e. The zero-order valence-corrected chi connectivity index (χ0v) is 16.2. The molecule has 1 atom stereocenters. The summed E-state index contributed by atoms with van der Waals surface area (Å²) in [6, 6.07) is -0.323. The number of fused-ring (bicyclic) bond motifs is 1. The van der Waals surface area contributed by atoms with Gasteiger partial charge in [0.05, 0.1) is 10.6 Å². The topological polar surface area (TPSA) is 109 Å². The van der Waals surface area contributed by atoms with E-state index in [4.69, 9.17) is 0 Å². The lowest BCUT2D eigenvalue weighted by Gasteiger charge is -2.28. The molecule has 0 aromatic carbocycles. The highest BCUT2D eigenvalue weighted by Crippen LogP contribution is 2.35. The van der Waals surface area contributed by atoms with E-state index in [-0.39, 0.29) is 17.7 Å². The summed E-state index contributed by atoms with van der Waals surface area (Å²) >= 11 is 1.26. The van der Waals surface area contributed by atoms with Crippen molar-refractivity contribution in [1.82, 2.24) is 15.0 Å². The predicted octanol–water partition coefficient (Wildman–Crippen LogP) is 3.27. The summed E-state index contributed by atoms with van der Waals surface area (Å²) in [5, 5.41) is 9.76. The first-order valence-corrected chi connectivity index (χ1v) is 9.27. The number of thiazole rings is 1. The molecule has 0 fully saturated rings. The second-order valence-electron chi connectivity index (χ2n) is 6.77. The highest BCUT2D eigenvalue weighted by Gasteiger charge is 2.30. The number of hydrogen-bond acceptors (Lipinski definition) is 8. The van der Waals surface area contributed by atoms with Crippen molar-refractivity contribution in [3.63, 3.8) is 0 Å². The summed E-state index contributed by atoms with van der Waals surface area (Å²) in [4.78, 5) is 37.8. The zero-order valence-electron chi connectivity index (χ0n) is 15.4. The van der Waals surface area contributed by atoms with E-state index in [9.17, 15) is 9.59 Å². The Labute approximate surface area is 155 Å². The molecule has 1 amide bonds.